The zero-order valence-corrected chi connectivity index (χ0v) is 17.5. The van der Waals surface area contributed by atoms with Gasteiger partial charge in [0.15, 0.2) is 11.6 Å². The summed E-state index contributed by atoms with van der Waals surface area (Å²) in [6, 6.07) is 14.1. The van der Waals surface area contributed by atoms with Crippen LogP contribution in [0.2, 0.25) is 0 Å². The van der Waals surface area contributed by atoms with Crippen LogP contribution in [0.5, 0.6) is 5.75 Å². The molecule has 0 unspecified atom stereocenters. The highest BCUT2D eigenvalue weighted by molar-refractivity contribution is 6.07. The van der Waals surface area contributed by atoms with E-state index in [1.807, 2.05) is 35.2 Å². The van der Waals surface area contributed by atoms with Gasteiger partial charge in [-0.2, -0.15) is 0 Å². The van der Waals surface area contributed by atoms with Gasteiger partial charge in [0.25, 0.3) is 0 Å². The lowest BCUT2D eigenvalue weighted by molar-refractivity contribution is -0.116. The number of halogens is 1. The van der Waals surface area contributed by atoms with Crippen LogP contribution in [-0.4, -0.2) is 18.7 Å². The molecule has 0 radical (unpaired) electrons. The highest BCUT2D eigenvalue weighted by Crippen LogP contribution is 2.50. The van der Waals surface area contributed by atoms with Crippen molar-refractivity contribution in [3.05, 3.63) is 82.5 Å². The van der Waals surface area contributed by atoms with E-state index >= 15 is 0 Å². The summed E-state index contributed by atoms with van der Waals surface area (Å²) in [4.78, 5) is 28.5. The average molecular weight is 417 g/mol. The highest BCUT2D eigenvalue weighted by Gasteiger charge is 2.43. The first kappa shape index (κ1) is 19.7. The van der Waals surface area contributed by atoms with Gasteiger partial charge in [-0.25, -0.2) is 4.39 Å². The molecule has 0 N–H and O–H groups in total. The van der Waals surface area contributed by atoms with Gasteiger partial charge in [-0.15, -0.1) is 0 Å². The van der Waals surface area contributed by atoms with Gasteiger partial charge >= 0.3 is 0 Å². The van der Waals surface area contributed by atoms with E-state index in [4.69, 9.17) is 4.74 Å². The van der Waals surface area contributed by atoms with Crippen LogP contribution in [0.3, 0.4) is 0 Å². The van der Waals surface area contributed by atoms with Crippen LogP contribution in [-0.2, 0) is 9.59 Å². The van der Waals surface area contributed by atoms with Crippen LogP contribution < -0.4 is 9.64 Å². The molecule has 1 heterocycles. The molecule has 2 aromatic carbocycles. The summed E-state index contributed by atoms with van der Waals surface area (Å²) in [6.07, 6.45) is 3.92. The predicted octanol–water partition coefficient (Wildman–Crippen LogP) is 5.45. The Morgan fingerprint density at radius 3 is 2.03 bits per heavy atom. The van der Waals surface area contributed by atoms with Crippen LogP contribution in [0, 0.1) is 5.82 Å². The molecule has 0 fully saturated rings. The van der Waals surface area contributed by atoms with Crippen molar-refractivity contribution in [3.63, 3.8) is 0 Å². The van der Waals surface area contributed by atoms with E-state index in [0.29, 0.717) is 29.7 Å². The van der Waals surface area contributed by atoms with Crippen molar-refractivity contribution in [1.29, 1.82) is 0 Å². The number of methoxy groups -OCH3 is 1. The normalized spacial score (nSPS) is 19.5. The number of nitrogens with zero attached hydrogens (tertiary/aromatic N) is 1. The van der Waals surface area contributed by atoms with Crippen molar-refractivity contribution in [3.8, 4) is 5.75 Å². The van der Waals surface area contributed by atoms with Crippen molar-refractivity contribution in [2.45, 2.75) is 44.4 Å². The van der Waals surface area contributed by atoms with Crippen molar-refractivity contribution >= 4 is 17.3 Å². The van der Waals surface area contributed by atoms with Crippen LogP contribution in [0.15, 0.2) is 71.1 Å². The number of ketones is 2. The second-order valence-electron chi connectivity index (χ2n) is 8.30. The zero-order valence-electron chi connectivity index (χ0n) is 17.5. The van der Waals surface area contributed by atoms with E-state index in [0.717, 1.165) is 48.4 Å². The third-order valence-corrected chi connectivity index (χ3v) is 6.49. The fraction of sp³-hybridized carbons (Fsp3) is 0.308. The number of hydrogen-bond acceptors (Lipinski definition) is 4. The number of carbonyl (C=O) groups excluding carboxylic acids is 2. The molecule has 4 nitrogen and oxygen atoms in total. The summed E-state index contributed by atoms with van der Waals surface area (Å²) in [6.45, 7) is 0. The quantitative estimate of drug-likeness (QED) is 0.666. The molecule has 0 saturated heterocycles. The number of ether oxygens (including phenoxy) is 1. The average Bonchev–Trinajstić information content (AvgIpc) is 2.78. The van der Waals surface area contributed by atoms with Crippen LogP contribution in [0.4, 0.5) is 10.1 Å². The topological polar surface area (TPSA) is 46.6 Å². The number of carbonyl (C=O) groups is 2. The molecule has 0 amide bonds. The Bertz CT molecular complexity index is 1090. The molecule has 5 rings (SSSR count). The molecule has 0 bridgehead atoms. The van der Waals surface area contributed by atoms with Crippen molar-refractivity contribution in [2.24, 2.45) is 0 Å². The molecule has 0 saturated carbocycles. The van der Waals surface area contributed by atoms with E-state index in [2.05, 4.69) is 0 Å². The summed E-state index contributed by atoms with van der Waals surface area (Å²) in [5, 5.41) is 0. The maximum absolute atomic E-state index is 14.1. The standard InChI is InChI=1S/C26H24FNO3/c1-31-19-13-11-16(12-14-19)24-25-20(7-3-9-22(25)29)28(18-6-2-5-17(27)15-18)21-8-4-10-23(30)26(21)24/h2,5-6,11-15,24H,3-4,7-10H2,1H3. The lowest BCUT2D eigenvalue weighted by atomic mass is 9.71. The first-order valence-corrected chi connectivity index (χ1v) is 10.8. The van der Waals surface area contributed by atoms with E-state index in [1.54, 1.807) is 13.2 Å². The van der Waals surface area contributed by atoms with E-state index in [9.17, 15) is 14.0 Å². The van der Waals surface area contributed by atoms with Crippen LogP contribution in [0.25, 0.3) is 0 Å². The Kier molecular flexibility index (Phi) is 4.97. The maximum Gasteiger partial charge on any atom is 0.161 e. The largest absolute Gasteiger partial charge is 0.497 e. The highest BCUT2D eigenvalue weighted by atomic mass is 19.1. The van der Waals surface area contributed by atoms with E-state index < -0.39 is 0 Å². The van der Waals surface area contributed by atoms with Gasteiger partial charge in [0, 0.05) is 47.0 Å². The number of benzene rings is 2. The van der Waals surface area contributed by atoms with Gasteiger partial charge in [-0.3, -0.25) is 9.59 Å². The molecule has 2 aliphatic carbocycles. The van der Waals surface area contributed by atoms with Gasteiger partial charge in [0.1, 0.15) is 11.6 Å². The first-order chi connectivity index (χ1) is 15.1. The van der Waals surface area contributed by atoms with E-state index in [-0.39, 0.29) is 23.3 Å². The van der Waals surface area contributed by atoms with Gasteiger partial charge < -0.3 is 9.64 Å². The molecule has 31 heavy (non-hydrogen) atoms. The Hall–Kier alpha value is -3.21. The Morgan fingerprint density at radius 2 is 1.48 bits per heavy atom. The van der Waals surface area contributed by atoms with Crippen LogP contribution in [0.1, 0.15) is 50.0 Å². The SMILES string of the molecule is COc1ccc(C2C3=C(CCCC3=O)N(c3cccc(F)c3)C3=C2C(=O)CCC3)cc1. The second-order valence-corrected chi connectivity index (χ2v) is 8.30. The lowest BCUT2D eigenvalue weighted by Crippen LogP contribution is -2.39. The van der Waals surface area contributed by atoms with E-state index in [1.165, 1.54) is 12.1 Å². The third kappa shape index (κ3) is 3.29. The second kappa shape index (κ2) is 7.80. The molecule has 0 atom stereocenters. The smallest absolute Gasteiger partial charge is 0.161 e. The Morgan fingerprint density at radius 1 is 0.871 bits per heavy atom. The minimum absolute atomic E-state index is 0.0772. The number of allylic oxidation sites excluding steroid dienone is 4. The first-order valence-electron chi connectivity index (χ1n) is 10.8. The minimum atomic E-state index is -0.374. The Balaban J connectivity index is 1.76. The molecule has 1 aliphatic heterocycles. The monoisotopic (exact) mass is 417 g/mol. The molecular formula is C26H24FNO3. The third-order valence-electron chi connectivity index (χ3n) is 6.49. The Labute approximate surface area is 181 Å². The summed E-state index contributed by atoms with van der Waals surface area (Å²) in [7, 11) is 1.61. The van der Waals surface area contributed by atoms with Crippen molar-refractivity contribution in [1.82, 2.24) is 0 Å². The van der Waals surface area contributed by atoms with Crippen molar-refractivity contribution in [2.75, 3.05) is 12.0 Å². The summed E-state index contributed by atoms with van der Waals surface area (Å²) >= 11 is 0. The number of anilines is 1. The molecule has 0 aromatic heterocycles. The molecule has 158 valence electrons. The predicted molar refractivity (Wildman–Crippen MR) is 116 cm³/mol. The summed E-state index contributed by atoms with van der Waals surface area (Å²) in [5.74, 6) is 0.181. The summed E-state index contributed by atoms with van der Waals surface area (Å²) < 4.78 is 19.4. The van der Waals surface area contributed by atoms with Gasteiger partial charge in [-0.05, 0) is 61.6 Å². The zero-order chi connectivity index (χ0) is 21.5. The van der Waals surface area contributed by atoms with Crippen LogP contribution >= 0.6 is 0 Å². The molecular weight excluding hydrogens is 393 g/mol. The molecule has 3 aliphatic rings. The number of Topliss-reactive ketones (excluding diaryl/α,β-unsaturated/α-hetero) is 2. The molecule has 0 spiro atoms. The van der Waals surface area contributed by atoms with Gasteiger partial charge in [0.2, 0.25) is 0 Å². The molecule has 5 heteroatoms. The minimum Gasteiger partial charge on any atom is -0.497 e. The fourth-order valence-electron chi connectivity index (χ4n) is 5.18. The number of rotatable bonds is 3. The fourth-order valence-corrected chi connectivity index (χ4v) is 5.18. The van der Waals surface area contributed by atoms with Crippen molar-refractivity contribution < 1.29 is 18.7 Å². The van der Waals surface area contributed by atoms with Gasteiger partial charge in [-0.1, -0.05) is 18.2 Å². The lowest BCUT2D eigenvalue weighted by Gasteiger charge is -2.44. The number of hydrogen-bond donors (Lipinski definition) is 0. The molecule has 2 aromatic rings. The maximum atomic E-state index is 14.1. The summed E-state index contributed by atoms with van der Waals surface area (Å²) in [5.41, 5.74) is 4.80. The van der Waals surface area contributed by atoms with Gasteiger partial charge in [0.05, 0.1) is 7.11 Å².